The minimum absolute atomic E-state index is 0.0488. The molecule has 1 atom stereocenters. The highest BCUT2D eigenvalue weighted by atomic mass is 16.5. The summed E-state index contributed by atoms with van der Waals surface area (Å²) in [5, 5.41) is 0. The molecule has 0 spiro atoms. The molecular formula is C24H24N4O3. The summed E-state index contributed by atoms with van der Waals surface area (Å²) in [5.41, 5.74) is 5.19. The van der Waals surface area contributed by atoms with Gasteiger partial charge in [-0.15, -0.1) is 0 Å². The largest absolute Gasteiger partial charge is 0.497 e. The van der Waals surface area contributed by atoms with Gasteiger partial charge in [0.1, 0.15) is 30.5 Å². The second kappa shape index (κ2) is 8.83. The molecule has 2 aliphatic rings. The molecule has 1 aromatic carbocycles. The van der Waals surface area contributed by atoms with Gasteiger partial charge < -0.3 is 14.2 Å². The zero-order chi connectivity index (χ0) is 21.0. The number of hydrogen-bond donors (Lipinski definition) is 0. The van der Waals surface area contributed by atoms with Crippen LogP contribution in [0, 0.1) is 0 Å². The molecule has 0 saturated carbocycles. The van der Waals surface area contributed by atoms with Gasteiger partial charge >= 0.3 is 0 Å². The van der Waals surface area contributed by atoms with Crippen LogP contribution in [0.25, 0.3) is 17.2 Å². The molecule has 5 rings (SSSR count). The van der Waals surface area contributed by atoms with Gasteiger partial charge in [-0.1, -0.05) is 6.07 Å². The van der Waals surface area contributed by atoms with Crippen molar-refractivity contribution in [2.24, 2.45) is 0 Å². The van der Waals surface area contributed by atoms with Crippen molar-refractivity contribution in [3.05, 3.63) is 72.1 Å². The van der Waals surface area contributed by atoms with E-state index in [2.05, 4.69) is 25.9 Å². The van der Waals surface area contributed by atoms with Crippen LogP contribution in [0.1, 0.15) is 17.4 Å². The number of pyridine rings is 1. The Bertz CT molecular complexity index is 1070. The molecule has 1 saturated heterocycles. The first-order valence-corrected chi connectivity index (χ1v) is 10.3. The SMILES string of the molecule is COc1ccc2c(c1)C=C(CN1CCOC(c3ccc(-c4cncnc4)cn3)C1)CO2. The Morgan fingerprint density at radius 2 is 2.00 bits per heavy atom. The molecule has 7 heteroatoms. The Hall–Kier alpha value is -3.29. The molecule has 0 radical (unpaired) electrons. The minimum Gasteiger partial charge on any atom is -0.497 e. The van der Waals surface area contributed by atoms with Gasteiger partial charge in [0, 0.05) is 54.9 Å². The van der Waals surface area contributed by atoms with Gasteiger partial charge in [0.2, 0.25) is 0 Å². The van der Waals surface area contributed by atoms with Crippen molar-refractivity contribution in [3.63, 3.8) is 0 Å². The summed E-state index contributed by atoms with van der Waals surface area (Å²) in [5.74, 6) is 1.74. The lowest BCUT2D eigenvalue weighted by Crippen LogP contribution is -2.40. The average Bonchev–Trinajstić information content (AvgIpc) is 2.84. The Morgan fingerprint density at radius 3 is 2.81 bits per heavy atom. The molecule has 0 aliphatic carbocycles. The summed E-state index contributed by atoms with van der Waals surface area (Å²) in [7, 11) is 1.68. The molecule has 0 N–H and O–H groups in total. The third-order valence-corrected chi connectivity index (χ3v) is 5.58. The van der Waals surface area contributed by atoms with Gasteiger partial charge in [0.15, 0.2) is 0 Å². The first-order chi connectivity index (χ1) is 15.3. The standard InChI is InChI=1S/C24H24N4O3/c1-29-21-3-5-23-19(9-21)8-17(15-31-23)13-28-6-7-30-24(14-28)22-4-2-18(12-27-22)20-10-25-16-26-11-20/h2-5,8-12,16,24H,6-7,13-15H2,1H3. The van der Waals surface area contributed by atoms with E-state index in [9.17, 15) is 0 Å². The van der Waals surface area contributed by atoms with Crippen LogP contribution in [0.2, 0.25) is 0 Å². The molecule has 0 amide bonds. The Balaban J connectivity index is 1.26. The summed E-state index contributed by atoms with van der Waals surface area (Å²) in [4.78, 5) is 15.2. The van der Waals surface area contributed by atoms with Crippen LogP contribution in [-0.4, -0.2) is 59.8 Å². The Labute approximate surface area is 181 Å². The van der Waals surface area contributed by atoms with Crippen LogP contribution in [-0.2, 0) is 4.74 Å². The van der Waals surface area contributed by atoms with Crippen LogP contribution in [0.5, 0.6) is 11.5 Å². The number of benzene rings is 1. The third-order valence-electron chi connectivity index (χ3n) is 5.58. The first-order valence-electron chi connectivity index (χ1n) is 10.3. The maximum absolute atomic E-state index is 6.02. The van der Waals surface area contributed by atoms with Crippen molar-refractivity contribution in [1.29, 1.82) is 0 Å². The lowest BCUT2D eigenvalue weighted by Gasteiger charge is -2.33. The predicted octanol–water partition coefficient (Wildman–Crippen LogP) is 3.40. The molecule has 1 fully saturated rings. The van der Waals surface area contributed by atoms with E-state index in [0.29, 0.717) is 13.2 Å². The van der Waals surface area contributed by atoms with Crippen LogP contribution < -0.4 is 9.47 Å². The fraction of sp³-hybridized carbons (Fsp3) is 0.292. The molecule has 31 heavy (non-hydrogen) atoms. The van der Waals surface area contributed by atoms with E-state index in [-0.39, 0.29) is 6.10 Å². The van der Waals surface area contributed by atoms with Crippen LogP contribution in [0.15, 0.2) is 60.8 Å². The Kier molecular flexibility index (Phi) is 5.60. The van der Waals surface area contributed by atoms with Crippen LogP contribution in [0.3, 0.4) is 0 Å². The second-order valence-electron chi connectivity index (χ2n) is 7.69. The number of hydrogen-bond acceptors (Lipinski definition) is 7. The summed E-state index contributed by atoms with van der Waals surface area (Å²) in [6.45, 7) is 3.81. The Morgan fingerprint density at radius 1 is 1.10 bits per heavy atom. The maximum Gasteiger partial charge on any atom is 0.127 e. The minimum atomic E-state index is -0.0488. The third kappa shape index (κ3) is 4.42. The van der Waals surface area contributed by atoms with E-state index in [0.717, 1.165) is 53.5 Å². The van der Waals surface area contributed by atoms with E-state index in [1.54, 1.807) is 19.5 Å². The zero-order valence-electron chi connectivity index (χ0n) is 17.4. The fourth-order valence-electron chi connectivity index (χ4n) is 3.95. The van der Waals surface area contributed by atoms with Gasteiger partial charge in [-0.2, -0.15) is 0 Å². The molecule has 2 aliphatic heterocycles. The van der Waals surface area contributed by atoms with Gasteiger partial charge in [-0.05, 0) is 35.9 Å². The molecule has 158 valence electrons. The van der Waals surface area contributed by atoms with Gasteiger partial charge in [0.25, 0.3) is 0 Å². The van der Waals surface area contributed by atoms with Gasteiger partial charge in [-0.25, -0.2) is 9.97 Å². The summed E-state index contributed by atoms with van der Waals surface area (Å²) in [6.07, 6.45) is 9.12. The summed E-state index contributed by atoms with van der Waals surface area (Å²) >= 11 is 0. The van der Waals surface area contributed by atoms with Gasteiger partial charge in [0.05, 0.1) is 19.4 Å². The fourth-order valence-corrected chi connectivity index (χ4v) is 3.95. The number of rotatable bonds is 5. The molecule has 3 aromatic rings. The molecular weight excluding hydrogens is 392 g/mol. The number of fused-ring (bicyclic) bond motifs is 1. The number of nitrogens with zero attached hydrogens (tertiary/aromatic N) is 4. The quantitative estimate of drug-likeness (QED) is 0.631. The highest BCUT2D eigenvalue weighted by Gasteiger charge is 2.24. The van der Waals surface area contributed by atoms with Crippen molar-refractivity contribution in [3.8, 4) is 22.6 Å². The van der Waals surface area contributed by atoms with E-state index in [1.807, 2.05) is 36.5 Å². The average molecular weight is 416 g/mol. The topological polar surface area (TPSA) is 69.6 Å². The highest BCUT2D eigenvalue weighted by molar-refractivity contribution is 5.64. The van der Waals surface area contributed by atoms with Crippen molar-refractivity contribution in [1.82, 2.24) is 19.9 Å². The molecule has 2 aromatic heterocycles. The van der Waals surface area contributed by atoms with Crippen molar-refractivity contribution < 1.29 is 14.2 Å². The van der Waals surface area contributed by atoms with Crippen LogP contribution >= 0.6 is 0 Å². The van der Waals surface area contributed by atoms with Crippen molar-refractivity contribution in [2.75, 3.05) is 40.0 Å². The number of ether oxygens (including phenoxy) is 3. The maximum atomic E-state index is 6.02. The van der Waals surface area contributed by atoms with Gasteiger partial charge in [-0.3, -0.25) is 9.88 Å². The molecule has 1 unspecified atom stereocenters. The van der Waals surface area contributed by atoms with E-state index in [4.69, 9.17) is 14.2 Å². The van der Waals surface area contributed by atoms with E-state index < -0.39 is 0 Å². The van der Waals surface area contributed by atoms with Crippen LogP contribution in [0.4, 0.5) is 0 Å². The second-order valence-corrected chi connectivity index (χ2v) is 7.69. The number of morpholine rings is 1. The monoisotopic (exact) mass is 416 g/mol. The lowest BCUT2D eigenvalue weighted by atomic mass is 10.1. The summed E-state index contributed by atoms with van der Waals surface area (Å²) < 4.78 is 17.3. The highest BCUT2D eigenvalue weighted by Crippen LogP contribution is 2.31. The molecule has 0 bridgehead atoms. The normalized spacial score (nSPS) is 18.6. The van der Waals surface area contributed by atoms with Crippen molar-refractivity contribution >= 4 is 6.08 Å². The van der Waals surface area contributed by atoms with Crippen molar-refractivity contribution in [2.45, 2.75) is 6.10 Å². The lowest BCUT2D eigenvalue weighted by molar-refractivity contribution is -0.0294. The number of methoxy groups -OCH3 is 1. The molecule has 7 nitrogen and oxygen atoms in total. The smallest absolute Gasteiger partial charge is 0.127 e. The molecule has 4 heterocycles. The predicted molar refractivity (Wildman–Crippen MR) is 117 cm³/mol. The summed E-state index contributed by atoms with van der Waals surface area (Å²) in [6, 6.07) is 9.98. The first kappa shape index (κ1) is 19.7. The van der Waals surface area contributed by atoms with E-state index >= 15 is 0 Å². The van der Waals surface area contributed by atoms with E-state index in [1.165, 1.54) is 11.9 Å². The number of aromatic nitrogens is 3. The zero-order valence-corrected chi connectivity index (χ0v) is 17.4.